The van der Waals surface area contributed by atoms with Crippen LogP contribution in [0.5, 0.6) is 5.75 Å². The van der Waals surface area contributed by atoms with E-state index in [0.717, 1.165) is 35.6 Å². The number of halogens is 3. The van der Waals surface area contributed by atoms with Crippen LogP contribution in [0.15, 0.2) is 71.6 Å². The Kier molecular flexibility index (Phi) is 6.06. The van der Waals surface area contributed by atoms with Gasteiger partial charge in [-0.2, -0.15) is 0 Å². The molecule has 0 aliphatic heterocycles. The highest BCUT2D eigenvalue weighted by molar-refractivity contribution is 7.89. The zero-order valence-electron chi connectivity index (χ0n) is 14.6. The molecule has 1 N–H and O–H groups in total. The lowest BCUT2D eigenvalue weighted by Gasteiger charge is -2.10. The first kappa shape index (κ1) is 21.0. The monoisotopic (exact) mass is 441 g/mol. The number of benzene rings is 2. The Morgan fingerprint density at radius 1 is 0.966 bits per heavy atom. The van der Waals surface area contributed by atoms with Gasteiger partial charge >= 0.3 is 6.36 Å². The van der Waals surface area contributed by atoms with Crippen LogP contribution in [0.2, 0.25) is 0 Å². The van der Waals surface area contributed by atoms with Gasteiger partial charge in [0.15, 0.2) is 0 Å². The van der Waals surface area contributed by atoms with Gasteiger partial charge in [-0.3, -0.25) is 4.79 Å². The van der Waals surface area contributed by atoms with Gasteiger partial charge in [-0.25, -0.2) is 13.1 Å². The molecule has 1 heterocycles. The van der Waals surface area contributed by atoms with Crippen molar-refractivity contribution in [3.63, 3.8) is 0 Å². The number of rotatable bonds is 7. The van der Waals surface area contributed by atoms with Crippen LogP contribution >= 0.6 is 11.3 Å². The Morgan fingerprint density at radius 3 is 2.24 bits per heavy atom. The first-order valence-corrected chi connectivity index (χ1v) is 10.5. The third-order valence-electron chi connectivity index (χ3n) is 3.73. The Bertz CT molecular complexity index is 1090. The van der Waals surface area contributed by atoms with Crippen molar-refractivity contribution in [2.24, 2.45) is 0 Å². The van der Waals surface area contributed by atoms with Gasteiger partial charge in [-0.1, -0.05) is 30.3 Å². The minimum absolute atomic E-state index is 0.0597. The molecule has 152 valence electrons. The topological polar surface area (TPSA) is 72.5 Å². The second-order valence-electron chi connectivity index (χ2n) is 5.80. The first-order valence-electron chi connectivity index (χ1n) is 8.18. The average Bonchev–Trinajstić information content (AvgIpc) is 3.15. The summed E-state index contributed by atoms with van der Waals surface area (Å²) in [7, 11) is -3.95. The summed E-state index contributed by atoms with van der Waals surface area (Å²) >= 11 is 1.16. The third kappa shape index (κ3) is 5.66. The molecule has 10 heteroatoms. The number of ether oxygens (including phenoxy) is 1. The van der Waals surface area contributed by atoms with Crippen LogP contribution < -0.4 is 9.46 Å². The zero-order chi connectivity index (χ0) is 21.1. The zero-order valence-corrected chi connectivity index (χ0v) is 16.3. The number of carbonyl (C=O) groups is 1. The summed E-state index contributed by atoms with van der Waals surface area (Å²) in [5, 5.41) is 0. The van der Waals surface area contributed by atoms with Crippen molar-refractivity contribution in [2.75, 3.05) is 0 Å². The van der Waals surface area contributed by atoms with Crippen molar-refractivity contribution >= 4 is 27.1 Å². The fourth-order valence-electron chi connectivity index (χ4n) is 2.40. The molecule has 0 aliphatic rings. The van der Waals surface area contributed by atoms with Gasteiger partial charge < -0.3 is 4.74 Å². The fraction of sp³-hybridized carbons (Fsp3) is 0.105. The van der Waals surface area contributed by atoms with E-state index >= 15 is 0 Å². The van der Waals surface area contributed by atoms with Crippen molar-refractivity contribution in [3.8, 4) is 5.75 Å². The minimum Gasteiger partial charge on any atom is -0.406 e. The van der Waals surface area contributed by atoms with Crippen molar-refractivity contribution < 1.29 is 31.1 Å². The van der Waals surface area contributed by atoms with Gasteiger partial charge in [0.1, 0.15) is 5.75 Å². The van der Waals surface area contributed by atoms with Crippen LogP contribution in [0, 0.1) is 0 Å². The Hall–Kier alpha value is -2.69. The molecule has 0 saturated carbocycles. The number of alkyl halides is 3. The molecule has 0 unspecified atom stereocenters. The number of hydrogen-bond donors (Lipinski definition) is 1. The first-order chi connectivity index (χ1) is 13.6. The lowest BCUT2D eigenvalue weighted by molar-refractivity contribution is -0.274. The van der Waals surface area contributed by atoms with E-state index < -0.39 is 22.1 Å². The molecule has 0 atom stereocenters. The maximum atomic E-state index is 12.4. The predicted octanol–water partition coefficient (Wildman–Crippen LogP) is 4.36. The number of carbonyl (C=O) groups excluding carboxylic acids is 1. The second kappa shape index (κ2) is 8.36. The molecule has 0 fully saturated rings. The average molecular weight is 441 g/mol. The molecule has 2 aromatic carbocycles. The molecule has 29 heavy (non-hydrogen) atoms. The Morgan fingerprint density at radius 2 is 1.62 bits per heavy atom. The van der Waals surface area contributed by atoms with Crippen LogP contribution in [0.1, 0.15) is 20.1 Å². The normalized spacial score (nSPS) is 12.0. The maximum Gasteiger partial charge on any atom is 0.573 e. The molecule has 1 aromatic heterocycles. The highest BCUT2D eigenvalue weighted by Crippen LogP contribution is 2.24. The van der Waals surface area contributed by atoms with Crippen LogP contribution in [0.3, 0.4) is 0 Å². The van der Waals surface area contributed by atoms with Gasteiger partial charge in [0, 0.05) is 17.0 Å². The van der Waals surface area contributed by atoms with Crippen LogP contribution in [-0.4, -0.2) is 20.6 Å². The lowest BCUT2D eigenvalue weighted by Crippen LogP contribution is -2.23. The summed E-state index contributed by atoms with van der Waals surface area (Å²) in [6.07, 6.45) is -4.85. The number of nitrogens with one attached hydrogen (secondary N) is 1. The van der Waals surface area contributed by atoms with Crippen molar-refractivity contribution in [2.45, 2.75) is 17.8 Å². The number of ketones is 1. The smallest absolute Gasteiger partial charge is 0.406 e. The standard InChI is InChI=1S/C19H14F3NO4S2/c20-19(21,22)27-14-6-9-16(10-7-14)29(25,26)23-12-15-8-11-17(28-15)18(24)13-4-2-1-3-5-13/h1-11,23H,12H2. The van der Waals surface area contributed by atoms with Crippen LogP contribution in [0.4, 0.5) is 13.2 Å². The quantitative estimate of drug-likeness (QED) is 0.553. The van der Waals surface area contributed by atoms with Crippen molar-refractivity contribution in [3.05, 3.63) is 82.0 Å². The van der Waals surface area contributed by atoms with E-state index in [2.05, 4.69) is 9.46 Å². The van der Waals surface area contributed by atoms with Crippen LogP contribution in [-0.2, 0) is 16.6 Å². The SMILES string of the molecule is O=C(c1ccccc1)c1ccc(CNS(=O)(=O)c2ccc(OC(F)(F)F)cc2)s1. The number of thiophene rings is 1. The molecule has 0 saturated heterocycles. The molecular weight excluding hydrogens is 427 g/mol. The van der Waals surface area contributed by atoms with Gasteiger partial charge in [0.2, 0.25) is 15.8 Å². The van der Waals surface area contributed by atoms with E-state index in [4.69, 9.17) is 0 Å². The third-order valence-corrected chi connectivity index (χ3v) is 6.23. The summed E-state index contributed by atoms with van der Waals surface area (Å²) in [5.41, 5.74) is 0.530. The van der Waals surface area contributed by atoms with E-state index in [1.54, 1.807) is 42.5 Å². The summed E-state index contributed by atoms with van der Waals surface area (Å²) in [5.74, 6) is -0.677. The summed E-state index contributed by atoms with van der Waals surface area (Å²) in [4.78, 5) is 13.3. The summed E-state index contributed by atoms with van der Waals surface area (Å²) in [6.45, 7) is -0.0597. The van der Waals surface area contributed by atoms with E-state index in [1.807, 2.05) is 0 Å². The molecule has 3 aromatic rings. The molecule has 0 radical (unpaired) electrons. The summed E-state index contributed by atoms with van der Waals surface area (Å²) in [6, 6.07) is 15.8. The number of hydrogen-bond acceptors (Lipinski definition) is 5. The lowest BCUT2D eigenvalue weighted by atomic mass is 10.1. The molecule has 5 nitrogen and oxygen atoms in total. The van der Waals surface area contributed by atoms with Gasteiger partial charge in [-0.05, 0) is 36.4 Å². The highest BCUT2D eigenvalue weighted by atomic mass is 32.2. The van der Waals surface area contributed by atoms with Crippen molar-refractivity contribution in [1.82, 2.24) is 4.72 Å². The Labute approximate surface area is 168 Å². The fourth-order valence-corrected chi connectivity index (χ4v) is 4.40. The molecule has 0 aliphatic carbocycles. The second-order valence-corrected chi connectivity index (χ2v) is 8.74. The highest BCUT2D eigenvalue weighted by Gasteiger charge is 2.31. The van der Waals surface area contributed by atoms with Gasteiger partial charge in [0.05, 0.1) is 9.77 Å². The molecule has 0 amide bonds. The van der Waals surface area contributed by atoms with Gasteiger partial charge in [-0.15, -0.1) is 24.5 Å². The van der Waals surface area contributed by atoms with E-state index in [1.165, 1.54) is 0 Å². The van der Waals surface area contributed by atoms with Crippen LogP contribution in [0.25, 0.3) is 0 Å². The molecule has 0 bridgehead atoms. The van der Waals surface area contributed by atoms with Crippen molar-refractivity contribution in [1.29, 1.82) is 0 Å². The molecular formula is C19H14F3NO4S2. The van der Waals surface area contributed by atoms with E-state index in [9.17, 15) is 26.4 Å². The predicted molar refractivity (Wildman–Crippen MR) is 101 cm³/mol. The molecule has 3 rings (SSSR count). The minimum atomic E-state index is -4.85. The largest absolute Gasteiger partial charge is 0.573 e. The van der Waals surface area contributed by atoms with E-state index in [0.29, 0.717) is 15.3 Å². The number of sulfonamides is 1. The maximum absolute atomic E-state index is 12.4. The Balaban J connectivity index is 1.65. The molecule has 0 spiro atoms. The van der Waals surface area contributed by atoms with E-state index in [-0.39, 0.29) is 17.2 Å². The summed E-state index contributed by atoms with van der Waals surface area (Å²) < 4.78 is 67.3. The van der Waals surface area contributed by atoms with Gasteiger partial charge in [0.25, 0.3) is 0 Å².